The first kappa shape index (κ1) is 9.96. The van der Waals surface area contributed by atoms with Crippen LogP contribution in [0.5, 0.6) is 0 Å². The van der Waals surface area contributed by atoms with Crippen LogP contribution in [0.1, 0.15) is 0 Å². The Morgan fingerprint density at radius 2 is 1.00 bits per heavy atom. The van der Waals surface area contributed by atoms with E-state index in [1.165, 1.54) is 0 Å². The zero-order valence-corrected chi connectivity index (χ0v) is 7.37. The molecule has 0 spiro atoms. The fraction of sp³-hybridized carbons (Fsp3) is 0. The molecule has 0 bridgehead atoms. The molecule has 0 heterocycles. The van der Waals surface area contributed by atoms with Crippen molar-refractivity contribution in [2.45, 2.75) is 0 Å². The molecule has 0 radical (unpaired) electrons. The third kappa shape index (κ3) is 25.4. The molecule has 0 aliphatic heterocycles. The van der Waals surface area contributed by atoms with Crippen LogP contribution < -0.4 is 12.6 Å². The molecule has 0 N–H and O–H groups in total. The van der Waals surface area contributed by atoms with Gasteiger partial charge in [0.05, 0.1) is 0 Å². The first-order valence-corrected chi connectivity index (χ1v) is 2.41. The largest absolute Gasteiger partial charge is 2.00 e. The third-order valence-electron chi connectivity index (χ3n) is 0. The van der Waals surface area contributed by atoms with Gasteiger partial charge in [0.2, 0.25) is 14.8 Å². The summed E-state index contributed by atoms with van der Waals surface area (Å²) in [6.07, 6.45) is 0. The molecule has 0 rings (SSSR count). The number of halogens is 1. The van der Waals surface area contributed by atoms with E-state index < -0.39 is 14.8 Å². The number of rotatable bonds is 0. The molecular weight excluding hydrogens is 216 g/mol. The van der Waals surface area contributed by atoms with Gasteiger partial charge in [0.1, 0.15) is 0 Å². The topological polar surface area (TPSA) is 69.2 Å². The van der Waals surface area contributed by atoms with Crippen molar-refractivity contribution in [3.63, 3.8) is 0 Å². The van der Waals surface area contributed by atoms with Crippen molar-refractivity contribution in [3.8, 4) is 0 Å². The first-order chi connectivity index (χ1) is 1.73. The monoisotopic (exact) mass is 215 g/mol. The third-order valence-corrected chi connectivity index (χ3v) is 0. The Hall–Kier alpha value is 1.84. The van der Waals surface area contributed by atoms with Gasteiger partial charge in [0.15, 0.2) is 0 Å². The number of hydrogen-bond acceptors (Lipinski definition) is 3. The fourth-order valence-corrected chi connectivity index (χ4v) is 0. The Kier molecular flexibility index (Phi) is 11.6. The Morgan fingerprint density at radius 3 is 1.00 bits per heavy atom. The van der Waals surface area contributed by atoms with Gasteiger partial charge in [-0.15, -0.1) is 0 Å². The van der Waals surface area contributed by atoms with E-state index in [9.17, 15) is 0 Å². The van der Waals surface area contributed by atoms with Gasteiger partial charge >= 0.3 is 45.5 Å². The van der Waals surface area contributed by atoms with Gasteiger partial charge in [-0.1, -0.05) is 0 Å². The van der Waals surface area contributed by atoms with Crippen LogP contribution in [0.2, 0.25) is 0 Å². The maximum absolute atomic E-state index is 8.52. The number of hydrogen-bond donors (Lipinski definition) is 0. The molecule has 3 nitrogen and oxygen atoms in total. The van der Waals surface area contributed by atoms with Crippen LogP contribution in [-0.4, -0.2) is 45.5 Å². The van der Waals surface area contributed by atoms with Crippen molar-refractivity contribution in [2.75, 3.05) is 0 Å². The molecule has 0 fully saturated rings. The first-order valence-electron chi connectivity index (χ1n) is 0.463. The molecule has 0 saturated heterocycles. The fourth-order valence-electron chi connectivity index (χ4n) is 0. The average Bonchev–Trinajstić information content (AvgIpc) is 0.811. The van der Waals surface area contributed by atoms with Crippen molar-refractivity contribution in [2.24, 2.45) is 0 Å². The van der Waals surface area contributed by atoms with Gasteiger partial charge in [-0.2, -0.15) is 0 Å². The van der Waals surface area contributed by atoms with E-state index in [4.69, 9.17) is 12.6 Å². The van der Waals surface area contributed by atoms with Crippen molar-refractivity contribution in [1.29, 1.82) is 0 Å². The molecule has 0 atom stereocenters. The maximum Gasteiger partial charge on any atom is 2.00 e. The van der Waals surface area contributed by atoms with Gasteiger partial charge < -0.3 is 12.6 Å². The van der Waals surface area contributed by atoms with Crippen LogP contribution in [0.15, 0.2) is 0 Å². The van der Waals surface area contributed by atoms with Crippen molar-refractivity contribution < 1.29 is 27.4 Å². The van der Waals surface area contributed by atoms with Crippen LogP contribution in [-0.2, 0) is 0 Å². The quantitative estimate of drug-likeness (QED) is 0.388. The van der Waals surface area contributed by atoms with Gasteiger partial charge in [-0.3, -0.25) is 0 Å². The molecule has 26 valence electrons. The SMILES string of the molecule is [O-][Br+2]([O-])[O-].[Sr+2]. The minimum Gasteiger partial charge on any atom is -0.405 e. The molecule has 0 aromatic heterocycles. The normalized spacial score (nSPS) is 7.20. The van der Waals surface area contributed by atoms with Crippen LogP contribution in [0.4, 0.5) is 0 Å². The second-order valence-corrected chi connectivity index (χ2v) is 0.982. The minimum absolute atomic E-state index is 0. The van der Waals surface area contributed by atoms with Gasteiger partial charge in [0, 0.05) is 0 Å². The Balaban J connectivity index is 0. The second-order valence-electron chi connectivity index (χ2n) is 0.189. The van der Waals surface area contributed by atoms with Gasteiger partial charge in [0.25, 0.3) is 0 Å². The van der Waals surface area contributed by atoms with Crippen LogP contribution in [0.25, 0.3) is 0 Å². The summed E-state index contributed by atoms with van der Waals surface area (Å²) < 4.78 is 25.6. The van der Waals surface area contributed by atoms with Crippen molar-refractivity contribution in [3.05, 3.63) is 0 Å². The molecule has 0 amide bonds. The van der Waals surface area contributed by atoms with E-state index in [1.807, 2.05) is 0 Å². The molecule has 0 unspecified atom stereocenters. The van der Waals surface area contributed by atoms with Gasteiger partial charge in [-0.25, -0.2) is 0 Å². The molecule has 0 aliphatic carbocycles. The second kappa shape index (κ2) is 5.84. The van der Waals surface area contributed by atoms with E-state index in [0.29, 0.717) is 0 Å². The van der Waals surface area contributed by atoms with Crippen LogP contribution in [0.3, 0.4) is 0 Å². The summed E-state index contributed by atoms with van der Waals surface area (Å²) >= 11 is -3.65. The average molecular weight is 216 g/mol. The standard InChI is InChI=1S/BrO3.Sr/c2-1(3)4;/q-1;+2. The molecule has 0 aliphatic rings. The summed E-state index contributed by atoms with van der Waals surface area (Å²) in [6, 6.07) is 0. The zero-order chi connectivity index (χ0) is 3.58. The Morgan fingerprint density at radius 1 is 1.00 bits per heavy atom. The van der Waals surface area contributed by atoms with Crippen LogP contribution in [0, 0.1) is 14.8 Å². The molecule has 0 saturated carbocycles. The van der Waals surface area contributed by atoms with E-state index >= 15 is 0 Å². The predicted molar refractivity (Wildman–Crippen MR) is 5.75 cm³/mol. The summed E-state index contributed by atoms with van der Waals surface area (Å²) in [7, 11) is 0. The summed E-state index contributed by atoms with van der Waals surface area (Å²) in [5, 5.41) is 0. The summed E-state index contributed by atoms with van der Waals surface area (Å²) in [4.78, 5) is 0. The predicted octanol–water partition coefficient (Wildman–Crippen LogP) is -3.95. The summed E-state index contributed by atoms with van der Waals surface area (Å²) in [5.74, 6) is 0. The van der Waals surface area contributed by atoms with Crippen molar-refractivity contribution >= 4 is 45.5 Å². The molecular formula is BrO3Sr+. The van der Waals surface area contributed by atoms with Crippen molar-refractivity contribution in [1.82, 2.24) is 0 Å². The smallest absolute Gasteiger partial charge is 0.405 e. The Labute approximate surface area is 71.7 Å². The summed E-state index contributed by atoms with van der Waals surface area (Å²) in [6.45, 7) is 0. The summed E-state index contributed by atoms with van der Waals surface area (Å²) in [5.41, 5.74) is 0. The maximum atomic E-state index is 8.52. The zero-order valence-electron chi connectivity index (χ0n) is 2.31. The molecule has 0 aromatic rings. The van der Waals surface area contributed by atoms with E-state index in [0.717, 1.165) is 0 Å². The van der Waals surface area contributed by atoms with E-state index in [1.54, 1.807) is 0 Å². The van der Waals surface area contributed by atoms with E-state index in [2.05, 4.69) is 0 Å². The minimum atomic E-state index is -3.65. The molecule has 5 heavy (non-hydrogen) atoms. The van der Waals surface area contributed by atoms with Gasteiger partial charge in [-0.05, 0) is 0 Å². The molecule has 0 aromatic carbocycles. The van der Waals surface area contributed by atoms with E-state index in [-0.39, 0.29) is 45.5 Å². The molecule has 5 heteroatoms. The van der Waals surface area contributed by atoms with Crippen LogP contribution >= 0.6 is 0 Å². The Bertz CT molecular complexity index is 11.6.